The first kappa shape index (κ1) is 17.1. The summed E-state index contributed by atoms with van der Waals surface area (Å²) in [7, 11) is -3.41. The molecule has 0 bridgehead atoms. The molecular formula is C16H15N7O3S. The van der Waals surface area contributed by atoms with Crippen molar-refractivity contribution in [3.05, 3.63) is 60.5 Å². The topological polar surface area (TPSA) is 122 Å². The molecule has 0 aromatic carbocycles. The van der Waals surface area contributed by atoms with Gasteiger partial charge in [-0.25, -0.2) is 23.1 Å². The largest absolute Gasteiger partial charge is 0.348 e. The second kappa shape index (κ2) is 6.76. The van der Waals surface area contributed by atoms with Crippen LogP contribution in [0.4, 0.5) is 0 Å². The number of nitrogens with zero attached hydrogens (tertiary/aromatic N) is 6. The molecule has 10 nitrogen and oxygen atoms in total. The molecule has 27 heavy (non-hydrogen) atoms. The predicted molar refractivity (Wildman–Crippen MR) is 96.2 cm³/mol. The zero-order valence-corrected chi connectivity index (χ0v) is 14.9. The number of pyridine rings is 1. The maximum Gasteiger partial charge on any atom is 0.256 e. The number of carbonyl (C=O) groups is 1. The van der Waals surface area contributed by atoms with Crippen LogP contribution in [-0.2, 0) is 21.4 Å². The summed E-state index contributed by atoms with van der Waals surface area (Å²) in [6, 6.07) is 3.63. The Morgan fingerprint density at radius 2 is 2.15 bits per heavy atom. The molecule has 4 heterocycles. The molecule has 1 amide bonds. The fraction of sp³-hybridized carbons (Fsp3) is 0.188. The lowest BCUT2D eigenvalue weighted by Gasteiger charge is -2.26. The van der Waals surface area contributed by atoms with Gasteiger partial charge in [-0.2, -0.15) is 5.10 Å². The number of aromatic nitrogens is 4. The van der Waals surface area contributed by atoms with Crippen molar-refractivity contribution in [3.8, 4) is 5.82 Å². The molecule has 4 rings (SSSR count). The van der Waals surface area contributed by atoms with E-state index in [9.17, 15) is 13.2 Å². The zero-order chi connectivity index (χ0) is 18.9. The summed E-state index contributed by atoms with van der Waals surface area (Å²) in [4.78, 5) is 22.2. The number of amidine groups is 1. The lowest BCUT2D eigenvalue weighted by atomic mass is 10.1. The molecular weight excluding hydrogens is 370 g/mol. The van der Waals surface area contributed by atoms with Crippen LogP contribution >= 0.6 is 0 Å². The number of sulfonamides is 1. The fourth-order valence-electron chi connectivity index (χ4n) is 2.60. The third kappa shape index (κ3) is 3.77. The third-order valence-electron chi connectivity index (χ3n) is 4.00. The number of amides is 1. The van der Waals surface area contributed by atoms with Gasteiger partial charge in [-0.1, -0.05) is 6.07 Å². The molecule has 0 atom stereocenters. The highest BCUT2D eigenvalue weighted by Gasteiger charge is 2.24. The van der Waals surface area contributed by atoms with Gasteiger partial charge < -0.3 is 10.2 Å². The highest BCUT2D eigenvalue weighted by molar-refractivity contribution is 7.90. The van der Waals surface area contributed by atoms with Gasteiger partial charge in [0.1, 0.15) is 18.5 Å². The molecule has 1 N–H and O–H groups in total. The van der Waals surface area contributed by atoms with E-state index in [1.54, 1.807) is 35.8 Å². The molecule has 2 aliphatic rings. The molecule has 0 aliphatic carbocycles. The van der Waals surface area contributed by atoms with E-state index in [1.165, 1.54) is 17.1 Å². The van der Waals surface area contributed by atoms with Crippen molar-refractivity contribution < 1.29 is 13.2 Å². The molecule has 0 fully saturated rings. The lowest BCUT2D eigenvalue weighted by molar-refractivity contribution is -0.117. The van der Waals surface area contributed by atoms with Gasteiger partial charge in [-0.15, -0.1) is 4.40 Å². The molecule has 11 heteroatoms. The Kier molecular flexibility index (Phi) is 4.28. The Labute approximate surface area is 155 Å². The Morgan fingerprint density at radius 1 is 1.26 bits per heavy atom. The summed E-state index contributed by atoms with van der Waals surface area (Å²) in [5.74, 6) is 0.622. The summed E-state index contributed by atoms with van der Waals surface area (Å²) in [6.07, 6.45) is 9.32. The molecule has 2 aliphatic heterocycles. The van der Waals surface area contributed by atoms with E-state index in [2.05, 4.69) is 24.8 Å². The highest BCUT2D eigenvalue weighted by Crippen LogP contribution is 2.16. The first-order chi connectivity index (χ1) is 13.0. The number of hydrogen-bond donors (Lipinski definition) is 1. The van der Waals surface area contributed by atoms with Crippen LogP contribution in [0.15, 0.2) is 59.3 Å². The van der Waals surface area contributed by atoms with Crippen molar-refractivity contribution in [1.29, 1.82) is 0 Å². The van der Waals surface area contributed by atoms with E-state index < -0.39 is 10.0 Å². The minimum atomic E-state index is -3.41. The van der Waals surface area contributed by atoms with Gasteiger partial charge >= 0.3 is 0 Å². The Morgan fingerprint density at radius 3 is 2.89 bits per heavy atom. The molecule has 2 aromatic rings. The van der Waals surface area contributed by atoms with Crippen molar-refractivity contribution in [3.63, 3.8) is 0 Å². The summed E-state index contributed by atoms with van der Waals surface area (Å²) in [5.41, 5.74) is 1.26. The molecule has 138 valence electrons. The molecule has 0 spiro atoms. The quantitative estimate of drug-likeness (QED) is 0.772. The van der Waals surface area contributed by atoms with Gasteiger partial charge in [0.15, 0.2) is 5.82 Å². The van der Waals surface area contributed by atoms with E-state index >= 15 is 0 Å². The van der Waals surface area contributed by atoms with E-state index in [1.807, 2.05) is 6.07 Å². The van der Waals surface area contributed by atoms with Crippen molar-refractivity contribution >= 4 is 21.8 Å². The molecule has 0 saturated carbocycles. The monoisotopic (exact) mass is 385 g/mol. The highest BCUT2D eigenvalue weighted by atomic mass is 32.2. The fourth-order valence-corrected chi connectivity index (χ4v) is 3.57. The van der Waals surface area contributed by atoms with Crippen LogP contribution in [0, 0.1) is 0 Å². The van der Waals surface area contributed by atoms with Crippen molar-refractivity contribution in [1.82, 2.24) is 30.0 Å². The SMILES string of the molecule is O=C(NCc1ccc(-n2cncn2)nc1)C1=CN2CCS(=O)(=O)N=C2C=C1. The predicted octanol–water partition coefficient (Wildman–Crippen LogP) is -0.224. The van der Waals surface area contributed by atoms with Gasteiger partial charge in [0, 0.05) is 25.5 Å². The normalized spacial score (nSPS) is 17.7. The standard InChI is InChI=1S/C16H15N7O3S/c24-16(13-2-4-15-21-27(25,26)6-5-22(15)9-13)19-8-12-1-3-14(18-7-12)23-11-17-10-20-23/h1-4,7,9-11H,5-6,8H2,(H,19,24). The van der Waals surface area contributed by atoms with Gasteiger partial charge in [0.05, 0.1) is 11.3 Å². The number of carbonyl (C=O) groups excluding carboxylic acids is 1. The van der Waals surface area contributed by atoms with Crippen molar-refractivity contribution in [2.24, 2.45) is 4.40 Å². The van der Waals surface area contributed by atoms with Crippen molar-refractivity contribution in [2.45, 2.75) is 6.54 Å². The van der Waals surface area contributed by atoms with E-state index in [4.69, 9.17) is 0 Å². The third-order valence-corrected chi connectivity index (χ3v) is 5.17. The lowest BCUT2D eigenvalue weighted by Crippen LogP contribution is -2.38. The molecule has 2 aromatic heterocycles. The number of hydrogen-bond acceptors (Lipinski definition) is 7. The average molecular weight is 385 g/mol. The molecule has 0 unspecified atom stereocenters. The Hall–Kier alpha value is -3.34. The van der Waals surface area contributed by atoms with E-state index in [0.29, 0.717) is 23.8 Å². The summed E-state index contributed by atoms with van der Waals surface area (Å²) in [6.45, 7) is 0.583. The summed E-state index contributed by atoms with van der Waals surface area (Å²) >= 11 is 0. The number of fused-ring (bicyclic) bond motifs is 1. The smallest absolute Gasteiger partial charge is 0.256 e. The zero-order valence-electron chi connectivity index (χ0n) is 14.1. The van der Waals surface area contributed by atoms with Crippen molar-refractivity contribution in [2.75, 3.05) is 12.3 Å². The van der Waals surface area contributed by atoms with E-state index in [0.717, 1.165) is 5.56 Å². The van der Waals surface area contributed by atoms with Gasteiger partial charge in [-0.3, -0.25) is 4.79 Å². The summed E-state index contributed by atoms with van der Waals surface area (Å²) < 4.78 is 28.3. The first-order valence-electron chi connectivity index (χ1n) is 8.07. The minimum Gasteiger partial charge on any atom is -0.348 e. The van der Waals surface area contributed by atoms with Crippen LogP contribution in [0.2, 0.25) is 0 Å². The first-order valence-corrected chi connectivity index (χ1v) is 9.68. The summed E-state index contributed by atoms with van der Waals surface area (Å²) in [5, 5.41) is 6.82. The van der Waals surface area contributed by atoms with E-state index in [-0.39, 0.29) is 18.2 Å². The molecule has 0 saturated heterocycles. The maximum absolute atomic E-state index is 12.4. The maximum atomic E-state index is 12.4. The second-order valence-corrected chi connectivity index (χ2v) is 7.65. The second-order valence-electron chi connectivity index (χ2n) is 5.89. The van der Waals surface area contributed by atoms with Crippen LogP contribution < -0.4 is 5.32 Å². The Bertz CT molecular complexity index is 1050. The van der Waals surface area contributed by atoms with Gasteiger partial charge in [-0.05, 0) is 23.8 Å². The van der Waals surface area contributed by atoms with Crippen LogP contribution in [0.3, 0.4) is 0 Å². The van der Waals surface area contributed by atoms with Crippen LogP contribution in [0.5, 0.6) is 0 Å². The number of nitrogens with one attached hydrogen (secondary N) is 1. The number of rotatable bonds is 4. The Balaban J connectivity index is 1.39. The van der Waals surface area contributed by atoms with Gasteiger partial charge in [0.25, 0.3) is 15.9 Å². The van der Waals surface area contributed by atoms with Crippen LogP contribution in [0.1, 0.15) is 5.56 Å². The van der Waals surface area contributed by atoms with Crippen LogP contribution in [0.25, 0.3) is 5.82 Å². The van der Waals surface area contributed by atoms with Crippen LogP contribution in [-0.4, -0.2) is 57.1 Å². The molecule has 0 radical (unpaired) electrons. The minimum absolute atomic E-state index is 0.0699. The average Bonchev–Trinajstić information content (AvgIpc) is 3.20. The van der Waals surface area contributed by atoms with Gasteiger partial charge in [0.2, 0.25) is 0 Å².